The SMILES string of the molecule is CCCOC(=O)CCCC(=O)Oc1ccc([N+](=O)[O-])cc1. The van der Waals surface area contributed by atoms with Gasteiger partial charge < -0.3 is 9.47 Å². The number of nitrogens with zero attached hydrogens (tertiary/aromatic N) is 1. The van der Waals surface area contributed by atoms with E-state index in [0.29, 0.717) is 13.0 Å². The van der Waals surface area contributed by atoms with E-state index in [1.165, 1.54) is 24.3 Å². The Hall–Kier alpha value is -2.44. The average Bonchev–Trinajstić information content (AvgIpc) is 2.45. The van der Waals surface area contributed by atoms with Gasteiger partial charge in [-0.2, -0.15) is 0 Å². The molecule has 0 aromatic heterocycles. The molecule has 7 nitrogen and oxygen atoms in total. The van der Waals surface area contributed by atoms with E-state index in [0.717, 1.165) is 6.42 Å². The molecule has 1 aromatic carbocycles. The van der Waals surface area contributed by atoms with E-state index in [4.69, 9.17) is 9.47 Å². The third-order valence-electron chi connectivity index (χ3n) is 2.51. The molecule has 0 aliphatic rings. The quantitative estimate of drug-likeness (QED) is 0.316. The minimum atomic E-state index is -0.534. The van der Waals surface area contributed by atoms with Crippen LogP contribution in [0.25, 0.3) is 0 Å². The predicted molar refractivity (Wildman–Crippen MR) is 73.8 cm³/mol. The van der Waals surface area contributed by atoms with Gasteiger partial charge in [0.15, 0.2) is 0 Å². The first kappa shape index (κ1) is 16.6. The molecule has 0 radical (unpaired) electrons. The van der Waals surface area contributed by atoms with E-state index in [1.807, 2.05) is 6.92 Å². The second kappa shape index (κ2) is 8.68. The van der Waals surface area contributed by atoms with Crippen molar-refractivity contribution in [3.63, 3.8) is 0 Å². The lowest BCUT2D eigenvalue weighted by Gasteiger charge is -2.04. The summed E-state index contributed by atoms with van der Waals surface area (Å²) < 4.78 is 9.87. The number of nitro groups is 1. The van der Waals surface area contributed by atoms with Gasteiger partial charge in [-0.25, -0.2) is 0 Å². The van der Waals surface area contributed by atoms with Crippen LogP contribution in [-0.4, -0.2) is 23.5 Å². The van der Waals surface area contributed by atoms with Crippen molar-refractivity contribution in [2.45, 2.75) is 32.6 Å². The third kappa shape index (κ3) is 6.51. The van der Waals surface area contributed by atoms with Crippen molar-refractivity contribution in [1.29, 1.82) is 0 Å². The zero-order valence-corrected chi connectivity index (χ0v) is 11.7. The fourth-order valence-corrected chi connectivity index (χ4v) is 1.48. The van der Waals surface area contributed by atoms with Crippen LogP contribution in [0.15, 0.2) is 24.3 Å². The van der Waals surface area contributed by atoms with Crippen LogP contribution in [0.2, 0.25) is 0 Å². The van der Waals surface area contributed by atoms with Gasteiger partial charge in [-0.15, -0.1) is 0 Å². The standard InChI is InChI=1S/C14H17NO6/c1-2-10-20-13(16)4-3-5-14(17)21-12-8-6-11(7-9-12)15(18)19/h6-9H,2-5,10H2,1H3. The van der Waals surface area contributed by atoms with E-state index in [2.05, 4.69) is 0 Å². The molecule has 1 rings (SSSR count). The first-order valence-electron chi connectivity index (χ1n) is 6.63. The van der Waals surface area contributed by atoms with Crippen LogP contribution in [0.1, 0.15) is 32.6 Å². The van der Waals surface area contributed by atoms with E-state index in [9.17, 15) is 19.7 Å². The maximum absolute atomic E-state index is 11.5. The van der Waals surface area contributed by atoms with Crippen molar-refractivity contribution in [2.24, 2.45) is 0 Å². The second-order valence-electron chi connectivity index (χ2n) is 4.30. The molecule has 0 atom stereocenters. The molecule has 0 heterocycles. The normalized spacial score (nSPS) is 9.95. The van der Waals surface area contributed by atoms with Gasteiger partial charge in [-0.3, -0.25) is 19.7 Å². The molecular formula is C14H17NO6. The van der Waals surface area contributed by atoms with Crippen LogP contribution in [0.5, 0.6) is 5.75 Å². The number of hydrogen-bond donors (Lipinski definition) is 0. The van der Waals surface area contributed by atoms with Crippen molar-refractivity contribution in [3.8, 4) is 5.75 Å². The van der Waals surface area contributed by atoms with Crippen molar-refractivity contribution >= 4 is 17.6 Å². The maximum atomic E-state index is 11.5. The summed E-state index contributed by atoms with van der Waals surface area (Å²) in [5.74, 6) is -0.591. The zero-order chi connectivity index (χ0) is 15.7. The molecule has 7 heteroatoms. The first-order valence-corrected chi connectivity index (χ1v) is 6.63. The zero-order valence-electron chi connectivity index (χ0n) is 11.7. The minimum Gasteiger partial charge on any atom is -0.466 e. The van der Waals surface area contributed by atoms with E-state index in [1.54, 1.807) is 0 Å². The molecule has 0 bridgehead atoms. The summed E-state index contributed by atoms with van der Waals surface area (Å²) in [6, 6.07) is 5.21. The number of non-ortho nitro benzene ring substituents is 1. The van der Waals surface area contributed by atoms with Gasteiger partial charge in [-0.1, -0.05) is 6.92 Å². The topological polar surface area (TPSA) is 95.7 Å². The molecule has 0 aliphatic carbocycles. The summed E-state index contributed by atoms with van der Waals surface area (Å²) >= 11 is 0. The highest BCUT2D eigenvalue weighted by Gasteiger charge is 2.09. The Bertz CT molecular complexity index is 497. The van der Waals surface area contributed by atoms with Gasteiger partial charge in [0.2, 0.25) is 0 Å². The molecule has 0 saturated carbocycles. The molecule has 0 saturated heterocycles. The summed E-state index contributed by atoms with van der Waals surface area (Å²) in [5.41, 5.74) is -0.0755. The summed E-state index contributed by atoms with van der Waals surface area (Å²) in [5, 5.41) is 10.5. The van der Waals surface area contributed by atoms with Crippen LogP contribution in [-0.2, 0) is 14.3 Å². The predicted octanol–water partition coefficient (Wildman–Crippen LogP) is 2.62. The van der Waals surface area contributed by atoms with Gasteiger partial charge in [0, 0.05) is 25.0 Å². The number of hydrogen-bond acceptors (Lipinski definition) is 6. The van der Waals surface area contributed by atoms with Gasteiger partial charge in [0.05, 0.1) is 11.5 Å². The lowest BCUT2D eigenvalue weighted by atomic mass is 10.2. The molecule has 0 N–H and O–H groups in total. The Morgan fingerprint density at radius 1 is 1.14 bits per heavy atom. The Morgan fingerprint density at radius 3 is 2.33 bits per heavy atom. The average molecular weight is 295 g/mol. The fraction of sp³-hybridized carbons (Fsp3) is 0.429. The van der Waals surface area contributed by atoms with E-state index in [-0.39, 0.29) is 30.2 Å². The summed E-state index contributed by atoms with van der Waals surface area (Å²) in [7, 11) is 0. The number of esters is 2. The highest BCUT2D eigenvalue weighted by atomic mass is 16.6. The van der Waals surface area contributed by atoms with Crippen LogP contribution in [0.4, 0.5) is 5.69 Å². The van der Waals surface area contributed by atoms with Gasteiger partial charge in [0.1, 0.15) is 5.75 Å². The summed E-state index contributed by atoms with van der Waals surface area (Å²) in [6.07, 6.45) is 1.34. The Balaban J connectivity index is 2.30. The van der Waals surface area contributed by atoms with Crippen LogP contribution in [0, 0.1) is 10.1 Å². The molecule has 0 aliphatic heterocycles. The van der Waals surface area contributed by atoms with Crippen LogP contribution in [0.3, 0.4) is 0 Å². The summed E-state index contributed by atoms with van der Waals surface area (Å²) in [6.45, 7) is 2.28. The number of carbonyl (C=O) groups excluding carboxylic acids is 2. The molecule has 0 unspecified atom stereocenters. The smallest absolute Gasteiger partial charge is 0.311 e. The Kier molecular flexibility index (Phi) is 6.86. The second-order valence-corrected chi connectivity index (χ2v) is 4.30. The largest absolute Gasteiger partial charge is 0.466 e. The highest BCUT2D eigenvalue weighted by molar-refractivity contribution is 5.74. The maximum Gasteiger partial charge on any atom is 0.311 e. The van der Waals surface area contributed by atoms with Crippen molar-refractivity contribution in [1.82, 2.24) is 0 Å². The Morgan fingerprint density at radius 2 is 1.76 bits per heavy atom. The van der Waals surface area contributed by atoms with E-state index < -0.39 is 10.9 Å². The lowest BCUT2D eigenvalue weighted by molar-refractivity contribution is -0.384. The number of nitro benzene ring substituents is 1. The van der Waals surface area contributed by atoms with E-state index >= 15 is 0 Å². The van der Waals surface area contributed by atoms with Crippen molar-refractivity contribution in [3.05, 3.63) is 34.4 Å². The van der Waals surface area contributed by atoms with Gasteiger partial charge in [-0.05, 0) is 25.0 Å². The monoisotopic (exact) mass is 295 g/mol. The van der Waals surface area contributed by atoms with Gasteiger partial charge in [0.25, 0.3) is 5.69 Å². The minimum absolute atomic E-state index is 0.0755. The summed E-state index contributed by atoms with van der Waals surface area (Å²) in [4.78, 5) is 32.7. The molecule has 1 aromatic rings. The van der Waals surface area contributed by atoms with Crippen LogP contribution >= 0.6 is 0 Å². The van der Waals surface area contributed by atoms with Crippen molar-refractivity contribution < 1.29 is 24.0 Å². The van der Waals surface area contributed by atoms with Crippen molar-refractivity contribution in [2.75, 3.05) is 6.61 Å². The molecular weight excluding hydrogens is 278 g/mol. The Labute approximate surface area is 122 Å². The number of ether oxygens (including phenoxy) is 2. The number of rotatable bonds is 8. The molecule has 0 fully saturated rings. The van der Waals surface area contributed by atoms with Gasteiger partial charge >= 0.3 is 11.9 Å². The molecule has 21 heavy (non-hydrogen) atoms. The first-order chi connectivity index (χ1) is 10.0. The molecule has 0 spiro atoms. The number of carbonyl (C=O) groups is 2. The third-order valence-corrected chi connectivity index (χ3v) is 2.51. The fourth-order valence-electron chi connectivity index (χ4n) is 1.48. The highest BCUT2D eigenvalue weighted by Crippen LogP contribution is 2.17. The lowest BCUT2D eigenvalue weighted by Crippen LogP contribution is -2.10. The molecule has 0 amide bonds. The van der Waals surface area contributed by atoms with Crippen LogP contribution < -0.4 is 4.74 Å². The number of benzene rings is 1. The molecule has 114 valence electrons.